The number of nitrogen functional groups attached to an aromatic ring is 1. The maximum atomic E-state index is 12.0. The molecule has 0 bridgehead atoms. The summed E-state index contributed by atoms with van der Waals surface area (Å²) >= 11 is -0.118. The van der Waals surface area contributed by atoms with Crippen molar-refractivity contribution in [1.29, 1.82) is 0 Å². The largest absolute Gasteiger partial charge is 0.462 e. The number of para-hydroxylation sites is 1. The molecule has 0 aliphatic rings. The fraction of sp³-hybridized carbons (Fsp3) is 0.417. The predicted molar refractivity (Wildman–Crippen MR) is 73.8 cm³/mol. The maximum Gasteiger partial charge on any atom is 0.441 e. The van der Waals surface area contributed by atoms with Gasteiger partial charge in [-0.2, -0.15) is 13.2 Å². The van der Waals surface area contributed by atoms with Gasteiger partial charge in [-0.15, -0.1) is 0 Å². The van der Waals surface area contributed by atoms with Gasteiger partial charge < -0.3 is 15.8 Å². The number of thioether (sulfide) groups is 1. The van der Waals surface area contributed by atoms with Crippen LogP contribution in [0, 0.1) is 0 Å². The molecule has 1 aromatic carbocycles. The summed E-state index contributed by atoms with van der Waals surface area (Å²) in [6.07, 6.45) is 0. The van der Waals surface area contributed by atoms with Crippen LogP contribution in [0.25, 0.3) is 0 Å². The number of anilines is 2. The van der Waals surface area contributed by atoms with Gasteiger partial charge >= 0.3 is 11.5 Å². The molecule has 20 heavy (non-hydrogen) atoms. The topological polar surface area (TPSA) is 64.3 Å². The molecule has 0 aromatic heterocycles. The average Bonchev–Trinajstić information content (AvgIpc) is 2.35. The summed E-state index contributed by atoms with van der Waals surface area (Å²) in [4.78, 5) is 11.6. The zero-order valence-electron chi connectivity index (χ0n) is 10.8. The molecule has 0 amide bonds. The average molecular weight is 308 g/mol. The van der Waals surface area contributed by atoms with E-state index >= 15 is 0 Å². The summed E-state index contributed by atoms with van der Waals surface area (Å²) in [6.45, 7) is 1.98. The Bertz CT molecular complexity index is 467. The third-order valence-corrected chi connectivity index (χ3v) is 3.02. The lowest BCUT2D eigenvalue weighted by molar-refractivity contribution is -0.0327. The summed E-state index contributed by atoms with van der Waals surface area (Å²) in [5.41, 5.74) is 2.32. The van der Waals surface area contributed by atoms with Crippen molar-refractivity contribution in [3.63, 3.8) is 0 Å². The Morgan fingerprint density at radius 1 is 1.45 bits per heavy atom. The Labute approximate surface area is 118 Å². The standard InChI is InChI=1S/C12H15F3N2O2S/c1-2-19-11(18)8-4-3-5-9(10(8)16)17-6-7-20-12(13,14)15/h3-5,17H,2,6-7,16H2,1H3. The number of nitrogens with one attached hydrogen (secondary N) is 1. The van der Waals surface area contributed by atoms with Crippen molar-refractivity contribution in [3.8, 4) is 0 Å². The van der Waals surface area contributed by atoms with Crippen LogP contribution in [0.3, 0.4) is 0 Å². The van der Waals surface area contributed by atoms with E-state index in [9.17, 15) is 18.0 Å². The van der Waals surface area contributed by atoms with Crippen molar-refractivity contribution in [2.45, 2.75) is 12.4 Å². The summed E-state index contributed by atoms with van der Waals surface area (Å²) in [5.74, 6) is -0.703. The van der Waals surface area contributed by atoms with Gasteiger partial charge in [0.2, 0.25) is 0 Å². The molecule has 3 N–H and O–H groups in total. The van der Waals surface area contributed by atoms with E-state index in [-0.39, 0.29) is 41.9 Å². The number of benzene rings is 1. The Hall–Kier alpha value is -1.57. The van der Waals surface area contributed by atoms with Crippen molar-refractivity contribution < 1.29 is 22.7 Å². The lowest BCUT2D eigenvalue weighted by atomic mass is 10.1. The molecule has 112 valence electrons. The molecule has 1 rings (SSSR count). The van der Waals surface area contributed by atoms with E-state index in [0.29, 0.717) is 5.69 Å². The minimum atomic E-state index is -4.25. The van der Waals surface area contributed by atoms with E-state index in [1.54, 1.807) is 19.1 Å². The number of carbonyl (C=O) groups excluding carboxylic acids is 1. The van der Waals surface area contributed by atoms with Crippen LogP contribution in [0.2, 0.25) is 0 Å². The van der Waals surface area contributed by atoms with Crippen LogP contribution >= 0.6 is 11.8 Å². The van der Waals surface area contributed by atoms with Crippen molar-refractivity contribution in [2.75, 3.05) is 30.0 Å². The second-order valence-electron chi connectivity index (χ2n) is 3.71. The maximum absolute atomic E-state index is 12.0. The molecule has 0 unspecified atom stereocenters. The second kappa shape index (κ2) is 7.28. The lowest BCUT2D eigenvalue weighted by Crippen LogP contribution is -2.13. The van der Waals surface area contributed by atoms with Crippen molar-refractivity contribution in [3.05, 3.63) is 23.8 Å². The van der Waals surface area contributed by atoms with Gasteiger partial charge in [0.1, 0.15) is 0 Å². The van der Waals surface area contributed by atoms with Gasteiger partial charge in [-0.3, -0.25) is 0 Å². The Morgan fingerprint density at radius 3 is 2.75 bits per heavy atom. The number of hydrogen-bond donors (Lipinski definition) is 2. The summed E-state index contributed by atoms with van der Waals surface area (Å²) in [7, 11) is 0. The Balaban J connectivity index is 2.63. The molecule has 0 saturated heterocycles. The molecular weight excluding hydrogens is 293 g/mol. The van der Waals surface area contributed by atoms with Crippen molar-refractivity contribution in [2.24, 2.45) is 0 Å². The molecule has 0 aliphatic carbocycles. The van der Waals surface area contributed by atoms with Gasteiger partial charge in [-0.25, -0.2) is 4.79 Å². The molecule has 4 nitrogen and oxygen atoms in total. The third kappa shape index (κ3) is 5.20. The zero-order chi connectivity index (χ0) is 15.2. The molecule has 1 aromatic rings. The minimum Gasteiger partial charge on any atom is -0.462 e. The van der Waals surface area contributed by atoms with Crippen LogP contribution in [-0.4, -0.2) is 30.4 Å². The number of halogens is 3. The van der Waals surface area contributed by atoms with Crippen LogP contribution in [0.4, 0.5) is 24.5 Å². The summed E-state index contributed by atoms with van der Waals surface area (Å²) in [6, 6.07) is 4.68. The predicted octanol–water partition coefficient (Wildman–Crippen LogP) is 3.11. The van der Waals surface area contributed by atoms with E-state index in [2.05, 4.69) is 5.32 Å². The van der Waals surface area contributed by atoms with Crippen LogP contribution in [0.5, 0.6) is 0 Å². The zero-order valence-corrected chi connectivity index (χ0v) is 11.6. The fourth-order valence-corrected chi connectivity index (χ4v) is 1.89. The number of alkyl halides is 3. The molecule has 0 aliphatic heterocycles. The molecule has 0 fully saturated rings. The lowest BCUT2D eigenvalue weighted by Gasteiger charge is -2.12. The van der Waals surface area contributed by atoms with E-state index in [1.165, 1.54) is 6.07 Å². The first-order valence-corrected chi connectivity index (χ1v) is 6.84. The van der Waals surface area contributed by atoms with Crippen LogP contribution in [0.15, 0.2) is 18.2 Å². The highest BCUT2D eigenvalue weighted by Gasteiger charge is 2.27. The van der Waals surface area contributed by atoms with E-state index < -0.39 is 11.5 Å². The van der Waals surface area contributed by atoms with E-state index in [0.717, 1.165) is 0 Å². The monoisotopic (exact) mass is 308 g/mol. The van der Waals surface area contributed by atoms with Gasteiger partial charge in [-0.05, 0) is 30.8 Å². The Morgan fingerprint density at radius 2 is 2.15 bits per heavy atom. The highest BCUT2D eigenvalue weighted by Crippen LogP contribution is 2.30. The first-order valence-electron chi connectivity index (χ1n) is 5.85. The minimum absolute atomic E-state index is 0.0840. The molecule has 0 heterocycles. The van der Waals surface area contributed by atoms with E-state index in [4.69, 9.17) is 10.5 Å². The van der Waals surface area contributed by atoms with Crippen molar-refractivity contribution >= 4 is 29.1 Å². The molecule has 0 atom stereocenters. The third-order valence-electron chi connectivity index (χ3n) is 2.28. The van der Waals surface area contributed by atoms with Gasteiger partial charge in [0.25, 0.3) is 0 Å². The van der Waals surface area contributed by atoms with Crippen LogP contribution < -0.4 is 11.1 Å². The SMILES string of the molecule is CCOC(=O)c1cccc(NCCSC(F)(F)F)c1N. The highest BCUT2D eigenvalue weighted by atomic mass is 32.2. The first-order chi connectivity index (χ1) is 9.35. The number of rotatable bonds is 6. The quantitative estimate of drug-likeness (QED) is 0.480. The number of carbonyl (C=O) groups is 1. The summed E-state index contributed by atoms with van der Waals surface area (Å²) in [5, 5.41) is 2.77. The van der Waals surface area contributed by atoms with E-state index in [1.807, 2.05) is 0 Å². The molecule has 0 radical (unpaired) electrons. The number of esters is 1. The molecule has 8 heteroatoms. The molecular formula is C12H15F3N2O2S. The molecule has 0 spiro atoms. The highest BCUT2D eigenvalue weighted by molar-refractivity contribution is 8.00. The first kappa shape index (κ1) is 16.5. The van der Waals surface area contributed by atoms with Crippen molar-refractivity contribution in [1.82, 2.24) is 0 Å². The van der Waals surface area contributed by atoms with Crippen LogP contribution in [-0.2, 0) is 4.74 Å². The molecule has 0 saturated carbocycles. The number of nitrogens with two attached hydrogens (primary N) is 1. The van der Waals surface area contributed by atoms with Crippen LogP contribution in [0.1, 0.15) is 17.3 Å². The number of hydrogen-bond acceptors (Lipinski definition) is 5. The summed E-state index contributed by atoms with van der Waals surface area (Å²) < 4.78 is 40.7. The number of ether oxygens (including phenoxy) is 1. The van der Waals surface area contributed by atoms with Gasteiger partial charge in [0, 0.05) is 12.3 Å². The Kier molecular flexibility index (Phi) is 6.00. The smallest absolute Gasteiger partial charge is 0.441 e. The van der Waals surface area contributed by atoms with Gasteiger partial charge in [-0.1, -0.05) is 6.07 Å². The van der Waals surface area contributed by atoms with Gasteiger partial charge in [0.15, 0.2) is 0 Å². The normalized spacial score (nSPS) is 11.2. The van der Waals surface area contributed by atoms with Gasteiger partial charge in [0.05, 0.1) is 23.5 Å². The fourth-order valence-electron chi connectivity index (χ4n) is 1.46. The second-order valence-corrected chi connectivity index (χ2v) is 4.87.